The van der Waals surface area contributed by atoms with Gasteiger partial charge in [-0.3, -0.25) is 19.2 Å². The molecule has 12 nitrogen and oxygen atoms in total. The van der Waals surface area contributed by atoms with Crippen LogP contribution in [0.2, 0.25) is 0 Å². The first-order valence-electron chi connectivity index (χ1n) is 16.3. The Labute approximate surface area is 302 Å². The van der Waals surface area contributed by atoms with Crippen LogP contribution in [0.4, 0.5) is 18.9 Å². The van der Waals surface area contributed by atoms with Gasteiger partial charge < -0.3 is 24.7 Å². The molecule has 0 aliphatic carbocycles. The Morgan fingerprint density at radius 2 is 1.60 bits per heavy atom. The van der Waals surface area contributed by atoms with E-state index >= 15 is 0 Å². The number of rotatable bonds is 8. The fourth-order valence-corrected chi connectivity index (χ4v) is 6.48. The molecule has 4 heterocycles. The number of pyridine rings is 2. The van der Waals surface area contributed by atoms with E-state index in [0.717, 1.165) is 16.5 Å². The van der Waals surface area contributed by atoms with E-state index in [9.17, 15) is 26.4 Å². The van der Waals surface area contributed by atoms with Crippen LogP contribution >= 0.6 is 0 Å². The van der Waals surface area contributed by atoms with Crippen LogP contribution in [0.3, 0.4) is 0 Å². The first-order chi connectivity index (χ1) is 25.2. The summed E-state index contributed by atoms with van der Waals surface area (Å²) >= 11 is 0. The average Bonchev–Trinajstić information content (AvgIpc) is 3.47. The number of para-hydroxylation sites is 1. The van der Waals surface area contributed by atoms with Gasteiger partial charge in [0.2, 0.25) is 5.88 Å². The first kappa shape index (κ1) is 37.1. The number of fused-ring (bicyclic) bond motifs is 2. The summed E-state index contributed by atoms with van der Waals surface area (Å²) in [6.07, 6.45) is -1.47. The molecule has 1 aliphatic heterocycles. The third-order valence-corrected chi connectivity index (χ3v) is 9.35. The van der Waals surface area contributed by atoms with Gasteiger partial charge in [-0.25, -0.2) is 4.98 Å². The Morgan fingerprint density at radius 1 is 0.887 bits per heavy atom. The summed E-state index contributed by atoms with van der Waals surface area (Å²) in [5.74, 6) is 1.11. The van der Waals surface area contributed by atoms with Crippen LogP contribution in [0.15, 0.2) is 108 Å². The highest BCUT2D eigenvalue weighted by Gasteiger charge is 2.28. The summed E-state index contributed by atoms with van der Waals surface area (Å²) in [5.41, 5.74) is 10.5. The predicted octanol–water partition coefficient (Wildman–Crippen LogP) is 7.43. The largest absolute Gasteiger partial charge is 0.697 e. The fraction of sp³-hybridized carbons (Fsp3) is 0.216. The summed E-state index contributed by atoms with van der Waals surface area (Å²) in [5, 5.41) is 1.60. The molecule has 53 heavy (non-hydrogen) atoms. The zero-order valence-corrected chi connectivity index (χ0v) is 29.1. The second kappa shape index (κ2) is 15.5. The summed E-state index contributed by atoms with van der Waals surface area (Å²) < 4.78 is 80.3. The molecule has 7 rings (SSSR count). The SMILES string of the molecule is Cn1c(C(=O)N2CCN(Cc3ccc(OCC(F)(F)F)cc3)CC2)cc2ccc(Oc3ccc([NH-])cn3)cc21.O=S(=O)(O)c1cccc2cccnc12. The number of halogens is 3. The molecule has 1 saturated heterocycles. The number of carbonyl (C=O) groups excluding carboxylic acids is 1. The second-order valence-corrected chi connectivity index (χ2v) is 13.6. The van der Waals surface area contributed by atoms with E-state index < -0.39 is 22.9 Å². The molecule has 0 unspecified atom stereocenters. The van der Waals surface area contributed by atoms with E-state index in [-0.39, 0.29) is 22.1 Å². The maximum absolute atomic E-state index is 13.4. The topological polar surface area (TPSA) is 151 Å². The number of aromatic nitrogens is 3. The molecule has 3 aromatic heterocycles. The Morgan fingerprint density at radius 3 is 2.28 bits per heavy atom. The minimum Gasteiger partial charge on any atom is -0.697 e. The van der Waals surface area contributed by atoms with E-state index in [1.165, 1.54) is 18.5 Å². The number of hydrogen-bond acceptors (Lipinski definition) is 8. The number of nitrogens with one attached hydrogen (secondary N) is 1. The van der Waals surface area contributed by atoms with Gasteiger partial charge in [0.1, 0.15) is 22.1 Å². The Balaban J connectivity index is 0.000000286. The van der Waals surface area contributed by atoms with Crippen LogP contribution < -0.4 is 9.47 Å². The third kappa shape index (κ3) is 9.40. The summed E-state index contributed by atoms with van der Waals surface area (Å²) in [7, 11) is -2.34. The molecule has 16 heteroatoms. The quantitative estimate of drug-likeness (QED) is 0.157. The number of carbonyl (C=O) groups is 1. The molecule has 0 bridgehead atoms. The van der Waals surface area contributed by atoms with Crippen LogP contribution in [-0.2, 0) is 23.7 Å². The van der Waals surface area contributed by atoms with Crippen molar-refractivity contribution in [3.8, 4) is 17.4 Å². The van der Waals surface area contributed by atoms with Crippen molar-refractivity contribution in [2.45, 2.75) is 17.6 Å². The highest BCUT2D eigenvalue weighted by atomic mass is 32.2. The van der Waals surface area contributed by atoms with Gasteiger partial charge in [-0.1, -0.05) is 36.4 Å². The van der Waals surface area contributed by atoms with E-state index in [0.29, 0.717) is 61.1 Å². The average molecular weight is 748 g/mol. The highest BCUT2D eigenvalue weighted by molar-refractivity contribution is 7.86. The number of nitrogens with zero attached hydrogens (tertiary/aromatic N) is 5. The molecule has 0 saturated carbocycles. The van der Waals surface area contributed by atoms with Crippen molar-refractivity contribution in [2.75, 3.05) is 32.8 Å². The lowest BCUT2D eigenvalue weighted by Crippen LogP contribution is -2.48. The van der Waals surface area contributed by atoms with Crippen molar-refractivity contribution >= 4 is 43.5 Å². The van der Waals surface area contributed by atoms with Gasteiger partial charge in [-0.05, 0) is 54.1 Å². The van der Waals surface area contributed by atoms with Crippen LogP contribution in [0, 0.1) is 0 Å². The second-order valence-electron chi connectivity index (χ2n) is 12.2. The smallest absolute Gasteiger partial charge is 0.422 e. The lowest BCUT2D eigenvalue weighted by Gasteiger charge is -2.34. The monoisotopic (exact) mass is 747 g/mol. The van der Waals surface area contributed by atoms with Crippen molar-refractivity contribution in [2.24, 2.45) is 7.05 Å². The van der Waals surface area contributed by atoms with Gasteiger partial charge in [-0.15, -0.1) is 5.69 Å². The molecular weight excluding hydrogens is 714 g/mol. The lowest BCUT2D eigenvalue weighted by atomic mass is 10.2. The molecule has 1 fully saturated rings. The molecule has 1 aliphatic rings. The molecule has 2 N–H and O–H groups in total. The van der Waals surface area contributed by atoms with Crippen molar-refractivity contribution in [1.82, 2.24) is 24.3 Å². The summed E-state index contributed by atoms with van der Waals surface area (Å²) in [6.45, 7) is 1.83. The van der Waals surface area contributed by atoms with E-state index in [1.54, 1.807) is 60.7 Å². The molecule has 0 spiro atoms. The molecular formula is C37H34F3N6O6S-. The Bertz CT molecular complexity index is 2320. The standard InChI is InChI=1S/C28H27F3N5O3.C9H7NO3S/c1-34-24-15-23(39-26-9-5-21(32)16-33-26)8-4-20(24)14-25(34)27(37)36-12-10-35(11-13-36)17-19-2-6-22(7-3-19)38-18-28(29,30)31;11-14(12,13)8-5-1-3-7-4-2-6-10-9(7)8/h2-9,14-16,32H,10-13,17-18H2,1H3;1-6H,(H,11,12,13)/q-1;. The normalized spacial score (nSPS) is 13.8. The maximum atomic E-state index is 13.4. The lowest BCUT2D eigenvalue weighted by molar-refractivity contribution is -0.153. The van der Waals surface area contributed by atoms with Gasteiger partial charge in [0, 0.05) is 69.0 Å². The van der Waals surface area contributed by atoms with Crippen molar-refractivity contribution < 1.29 is 40.4 Å². The van der Waals surface area contributed by atoms with E-state index in [1.807, 2.05) is 40.8 Å². The first-order valence-corrected chi connectivity index (χ1v) is 17.7. The molecule has 276 valence electrons. The van der Waals surface area contributed by atoms with Gasteiger partial charge in [0.25, 0.3) is 16.0 Å². The molecule has 3 aromatic carbocycles. The summed E-state index contributed by atoms with van der Waals surface area (Å²) in [6, 6.07) is 25.4. The predicted molar refractivity (Wildman–Crippen MR) is 192 cm³/mol. The number of aryl methyl sites for hydroxylation is 1. The van der Waals surface area contributed by atoms with E-state index in [2.05, 4.69) is 14.9 Å². The van der Waals surface area contributed by atoms with Crippen LogP contribution in [0.5, 0.6) is 17.4 Å². The molecule has 1 amide bonds. The van der Waals surface area contributed by atoms with Gasteiger partial charge in [0.05, 0.1) is 11.0 Å². The van der Waals surface area contributed by atoms with Crippen molar-refractivity contribution in [3.63, 3.8) is 0 Å². The minimum absolute atomic E-state index is 0.0466. The third-order valence-electron chi connectivity index (χ3n) is 8.46. The molecule has 0 atom stereocenters. The van der Waals surface area contributed by atoms with Crippen molar-refractivity contribution in [3.05, 3.63) is 120 Å². The number of piperazine rings is 1. The zero-order valence-electron chi connectivity index (χ0n) is 28.3. The van der Waals surface area contributed by atoms with E-state index in [4.69, 9.17) is 19.8 Å². The van der Waals surface area contributed by atoms with Crippen LogP contribution in [-0.4, -0.2) is 82.2 Å². The highest BCUT2D eigenvalue weighted by Crippen LogP contribution is 2.28. The molecule has 0 radical (unpaired) electrons. The van der Waals surface area contributed by atoms with Gasteiger partial charge >= 0.3 is 6.18 Å². The number of alkyl halides is 3. The van der Waals surface area contributed by atoms with Crippen LogP contribution in [0.25, 0.3) is 27.5 Å². The Kier molecular flexibility index (Phi) is 10.8. The Hall–Kier alpha value is -5.71. The summed E-state index contributed by atoms with van der Waals surface area (Å²) in [4.78, 5) is 25.3. The molecule has 6 aromatic rings. The van der Waals surface area contributed by atoms with Crippen LogP contribution in [0.1, 0.15) is 16.1 Å². The number of hydrogen-bond donors (Lipinski definition) is 1. The number of amides is 1. The number of ether oxygens (including phenoxy) is 2. The number of benzene rings is 3. The maximum Gasteiger partial charge on any atom is 0.422 e. The van der Waals surface area contributed by atoms with Crippen molar-refractivity contribution in [1.29, 1.82) is 0 Å². The minimum atomic E-state index is -4.37. The fourth-order valence-electron chi connectivity index (χ4n) is 5.81. The zero-order chi connectivity index (χ0) is 37.8. The van der Waals surface area contributed by atoms with Gasteiger partial charge in [-0.2, -0.15) is 21.6 Å². The van der Waals surface area contributed by atoms with Gasteiger partial charge in [0.15, 0.2) is 6.61 Å².